The van der Waals surface area contributed by atoms with Crippen LogP contribution in [-0.2, 0) is 19.0 Å². The normalized spacial score (nSPS) is 69.5. The van der Waals surface area contributed by atoms with Crippen molar-refractivity contribution < 1.29 is 34.3 Å². The van der Waals surface area contributed by atoms with E-state index in [1.54, 1.807) is 6.08 Å². The van der Waals surface area contributed by atoms with Crippen molar-refractivity contribution in [3.8, 4) is 0 Å². The fraction of sp³-hybridized carbons (Fsp3) is 0.893. The van der Waals surface area contributed by atoms with Crippen molar-refractivity contribution in [3.05, 3.63) is 12.2 Å². The van der Waals surface area contributed by atoms with Crippen LogP contribution in [0.25, 0.3) is 0 Å². The Balaban J connectivity index is 1.16. The first-order valence-electron chi connectivity index (χ1n) is 13.7. The Kier molecular flexibility index (Phi) is 3.65. The van der Waals surface area contributed by atoms with Gasteiger partial charge in [-0.25, -0.2) is 0 Å². The summed E-state index contributed by atoms with van der Waals surface area (Å²) in [7, 11) is 0. The number of ketones is 1. The predicted molar refractivity (Wildman–Crippen MR) is 123 cm³/mol. The van der Waals surface area contributed by atoms with Gasteiger partial charge in [-0.15, -0.1) is 0 Å². The molecule has 0 unspecified atom stereocenters. The average molecular weight is 487 g/mol. The molecule has 5 aliphatic carbocycles. The Morgan fingerprint density at radius 3 is 2.54 bits per heavy atom. The van der Waals surface area contributed by atoms with Gasteiger partial charge in [-0.1, -0.05) is 13.0 Å². The maximum Gasteiger partial charge on any atom is 0.186 e. The maximum atomic E-state index is 13.4. The summed E-state index contributed by atoms with van der Waals surface area (Å²) in [6.07, 6.45) is 7.21. The molecule has 2 bridgehead atoms. The van der Waals surface area contributed by atoms with Crippen molar-refractivity contribution in [1.29, 1.82) is 0 Å². The highest BCUT2D eigenvalue weighted by atomic mass is 16.7. The van der Waals surface area contributed by atoms with Crippen molar-refractivity contribution in [1.82, 2.24) is 0 Å². The van der Waals surface area contributed by atoms with E-state index >= 15 is 0 Å². The summed E-state index contributed by atoms with van der Waals surface area (Å²) in [5.74, 6) is -0.123. The minimum absolute atomic E-state index is 0.0000541. The molecule has 0 aromatic carbocycles. The van der Waals surface area contributed by atoms with E-state index < -0.39 is 45.1 Å². The molecule has 35 heavy (non-hydrogen) atoms. The molecule has 7 nitrogen and oxygen atoms in total. The lowest BCUT2D eigenvalue weighted by Gasteiger charge is -2.65. The van der Waals surface area contributed by atoms with Crippen LogP contribution in [-0.4, -0.2) is 67.6 Å². The number of aliphatic hydroxyl groups excluding tert-OH is 1. The number of epoxide rings is 2. The van der Waals surface area contributed by atoms with Gasteiger partial charge in [0.15, 0.2) is 12.1 Å². The van der Waals surface area contributed by atoms with Crippen molar-refractivity contribution >= 4 is 5.78 Å². The van der Waals surface area contributed by atoms with Crippen LogP contribution in [0.4, 0.5) is 0 Å². The van der Waals surface area contributed by atoms with E-state index in [0.717, 1.165) is 19.3 Å². The van der Waals surface area contributed by atoms with Crippen molar-refractivity contribution in [2.75, 3.05) is 0 Å². The molecule has 7 heteroatoms. The number of carbonyl (C=O) groups is 1. The summed E-state index contributed by atoms with van der Waals surface area (Å²) in [5, 5.41) is 35.9. The van der Waals surface area contributed by atoms with Gasteiger partial charge in [-0.2, -0.15) is 0 Å². The number of hydrogen-bond acceptors (Lipinski definition) is 7. The smallest absolute Gasteiger partial charge is 0.186 e. The summed E-state index contributed by atoms with van der Waals surface area (Å²) in [4.78, 5) is 13.4. The zero-order valence-corrected chi connectivity index (χ0v) is 21.1. The molecule has 0 aromatic heterocycles. The van der Waals surface area contributed by atoms with Gasteiger partial charge in [0.1, 0.15) is 16.8 Å². The number of allylic oxidation sites excluding steroid dienone is 1. The fourth-order valence-corrected chi connectivity index (χ4v) is 11.2. The quantitative estimate of drug-likeness (QED) is 0.488. The Hall–Kier alpha value is -0.830. The second kappa shape index (κ2) is 5.76. The maximum absolute atomic E-state index is 13.4. The fourth-order valence-electron chi connectivity index (χ4n) is 11.2. The summed E-state index contributed by atoms with van der Waals surface area (Å²) in [6, 6.07) is 0. The summed E-state index contributed by atoms with van der Waals surface area (Å²) in [5.41, 5.74) is -4.98. The Morgan fingerprint density at radius 1 is 1.03 bits per heavy atom. The van der Waals surface area contributed by atoms with E-state index in [-0.39, 0.29) is 41.7 Å². The number of fused-ring (bicyclic) bond motifs is 9. The Morgan fingerprint density at radius 2 is 1.80 bits per heavy atom. The van der Waals surface area contributed by atoms with E-state index in [2.05, 4.69) is 13.8 Å². The molecule has 0 radical (unpaired) electrons. The van der Waals surface area contributed by atoms with Crippen LogP contribution in [0.1, 0.15) is 72.6 Å². The molecule has 0 amide bonds. The number of rotatable bonds is 1. The molecule has 7 fully saturated rings. The van der Waals surface area contributed by atoms with E-state index in [0.29, 0.717) is 25.7 Å². The molecule has 4 saturated carbocycles. The van der Waals surface area contributed by atoms with E-state index in [9.17, 15) is 20.1 Å². The lowest BCUT2D eigenvalue weighted by atomic mass is 9.40. The van der Waals surface area contributed by atoms with Gasteiger partial charge in [0.2, 0.25) is 0 Å². The first kappa shape index (κ1) is 22.2. The molecular formula is C28H38O7. The molecule has 8 rings (SSSR count). The van der Waals surface area contributed by atoms with Crippen LogP contribution < -0.4 is 0 Å². The van der Waals surface area contributed by atoms with Crippen LogP contribution in [0.5, 0.6) is 0 Å². The summed E-state index contributed by atoms with van der Waals surface area (Å²) < 4.78 is 18.4. The zero-order chi connectivity index (χ0) is 24.6. The van der Waals surface area contributed by atoms with Crippen LogP contribution in [0, 0.1) is 34.5 Å². The third-order valence-corrected chi connectivity index (χ3v) is 13.5. The third-order valence-electron chi connectivity index (χ3n) is 13.5. The monoisotopic (exact) mass is 486 g/mol. The third kappa shape index (κ3) is 1.99. The predicted octanol–water partition coefficient (Wildman–Crippen LogP) is 2.25. The highest BCUT2D eigenvalue weighted by molar-refractivity contribution is 5.97. The molecule has 0 aromatic rings. The topological polar surface area (TPSA) is 112 Å². The van der Waals surface area contributed by atoms with Gasteiger partial charge >= 0.3 is 0 Å². The molecule has 192 valence electrons. The first-order chi connectivity index (χ1) is 16.3. The van der Waals surface area contributed by atoms with Crippen molar-refractivity contribution in [2.45, 2.75) is 119 Å². The molecule has 3 aliphatic heterocycles. The highest BCUT2D eigenvalue weighted by Gasteiger charge is 2.85. The molecule has 1 spiro atoms. The number of hydrogen-bond donors (Lipinski definition) is 3. The summed E-state index contributed by atoms with van der Waals surface area (Å²) >= 11 is 0. The van der Waals surface area contributed by atoms with Gasteiger partial charge in [0, 0.05) is 17.8 Å². The van der Waals surface area contributed by atoms with Gasteiger partial charge in [-0.3, -0.25) is 4.79 Å². The highest BCUT2D eigenvalue weighted by Crippen LogP contribution is 2.79. The van der Waals surface area contributed by atoms with Crippen molar-refractivity contribution in [3.63, 3.8) is 0 Å². The largest absolute Gasteiger partial charge is 0.389 e. The van der Waals surface area contributed by atoms with Crippen LogP contribution in [0.15, 0.2) is 12.2 Å². The van der Waals surface area contributed by atoms with Crippen LogP contribution in [0.3, 0.4) is 0 Å². The van der Waals surface area contributed by atoms with Gasteiger partial charge < -0.3 is 29.5 Å². The molecular weight excluding hydrogens is 448 g/mol. The average Bonchev–Trinajstić information content (AvgIpc) is 3.57. The van der Waals surface area contributed by atoms with Gasteiger partial charge in [0.25, 0.3) is 0 Å². The minimum Gasteiger partial charge on any atom is -0.389 e. The van der Waals surface area contributed by atoms with Crippen LogP contribution in [0.2, 0.25) is 0 Å². The number of ether oxygens (including phenoxy) is 3. The molecule has 3 heterocycles. The number of aliphatic hydroxyl groups is 3. The molecule has 14 atom stereocenters. The van der Waals surface area contributed by atoms with E-state index in [4.69, 9.17) is 14.2 Å². The van der Waals surface area contributed by atoms with E-state index in [1.807, 2.05) is 19.9 Å². The van der Waals surface area contributed by atoms with Gasteiger partial charge in [0.05, 0.1) is 28.8 Å². The van der Waals surface area contributed by atoms with Gasteiger partial charge in [-0.05, 0) is 83.1 Å². The molecule has 3 saturated heterocycles. The summed E-state index contributed by atoms with van der Waals surface area (Å²) in [6.45, 7) is 8.06. The SMILES string of the molecule is C[C@]12CC[C@H]3[C@@H](C[C@H]4O[C@]45CC=CC(=O)[C@]35C)[C@]1(O)[C@H]1C[C@H]([C@H]3C[C@]4(C)O[C@]4(C)[C@H](O)O3)[C@]2(O)C1. The standard InChI is InChI=1S/C28H38O7/c1-22-9-7-15-16(11-20-27(34-20)8-5-6-19(29)24(15,27)3)28(22,32)14-10-17(26(22,31)12-14)18-13-23(2)25(4,35-23)21(30)33-18/h5-6,14-18,20-21,30-32H,7-13H2,1-4H3/t14-,15-,16+,17+,18+,20+,21+,22+,23-,24-,25+,26+,27+,28+/m0/s1. The molecule has 8 aliphatic rings. The van der Waals surface area contributed by atoms with E-state index in [1.165, 1.54) is 0 Å². The lowest BCUT2D eigenvalue weighted by molar-refractivity contribution is -0.284. The molecule has 3 N–H and O–H groups in total. The zero-order valence-electron chi connectivity index (χ0n) is 21.1. The second-order valence-corrected chi connectivity index (χ2v) is 14.2. The minimum atomic E-state index is -1.09. The second-order valence-electron chi connectivity index (χ2n) is 14.2. The lowest BCUT2D eigenvalue weighted by Crippen LogP contribution is -2.72. The van der Waals surface area contributed by atoms with Crippen molar-refractivity contribution in [2.24, 2.45) is 34.5 Å². The number of carbonyl (C=O) groups excluding carboxylic acids is 1. The van der Waals surface area contributed by atoms with Crippen LogP contribution >= 0.6 is 0 Å². The first-order valence-corrected chi connectivity index (χ1v) is 13.7. The Labute approximate surface area is 206 Å². The Bertz CT molecular complexity index is 1090.